The van der Waals surface area contributed by atoms with Crippen molar-refractivity contribution in [2.45, 2.75) is 4.90 Å². The third-order valence-corrected chi connectivity index (χ3v) is 5.08. The van der Waals surface area contributed by atoms with Crippen LogP contribution in [0.1, 0.15) is 0 Å². The van der Waals surface area contributed by atoms with Gasteiger partial charge in [0.1, 0.15) is 0 Å². The molecule has 1 aromatic rings. The summed E-state index contributed by atoms with van der Waals surface area (Å²) in [6.45, 7) is 1.36. The number of hydrazine groups is 1. The summed E-state index contributed by atoms with van der Waals surface area (Å²) in [4.78, 5) is 2.63. The number of rotatable bonds is 4. The van der Waals surface area contributed by atoms with E-state index in [2.05, 4.69) is 4.83 Å². The van der Waals surface area contributed by atoms with E-state index in [1.807, 2.05) is 0 Å². The molecule has 19 heavy (non-hydrogen) atoms. The molecule has 1 fully saturated rings. The summed E-state index contributed by atoms with van der Waals surface area (Å²) in [5.41, 5.74) is 0.258. The lowest BCUT2D eigenvalue weighted by Gasteiger charge is -2.26. The van der Waals surface area contributed by atoms with Gasteiger partial charge in [0.15, 0.2) is 0 Å². The van der Waals surface area contributed by atoms with Crippen molar-refractivity contribution in [2.24, 2.45) is 0 Å². The maximum absolute atomic E-state index is 12.1. The molecule has 104 valence electrons. The first-order valence-corrected chi connectivity index (χ1v) is 8.44. The molecule has 0 unspecified atom stereocenters. The van der Waals surface area contributed by atoms with Crippen LogP contribution in [-0.2, 0) is 10.0 Å². The zero-order valence-electron chi connectivity index (χ0n) is 10.2. The summed E-state index contributed by atoms with van der Waals surface area (Å²) in [7, 11) is -5.19. The molecule has 1 heterocycles. The lowest BCUT2D eigenvalue weighted by atomic mass is 9.81. The highest BCUT2D eigenvalue weighted by Gasteiger charge is 2.20. The fourth-order valence-corrected chi connectivity index (χ4v) is 3.72. The van der Waals surface area contributed by atoms with Crippen LogP contribution in [0.5, 0.6) is 0 Å². The summed E-state index contributed by atoms with van der Waals surface area (Å²) in [6.07, 6.45) is 0. The Labute approximate surface area is 117 Å². The summed E-state index contributed by atoms with van der Waals surface area (Å²) < 4.78 is 24.2. The molecule has 0 amide bonds. The fourth-order valence-electron chi connectivity index (χ4n) is 1.70. The molecule has 0 radical (unpaired) electrons. The number of benzene rings is 1. The summed E-state index contributed by atoms with van der Waals surface area (Å²) in [5, 5.41) is 19.6. The minimum absolute atomic E-state index is 0.107. The second-order valence-corrected chi connectivity index (χ2v) is 7.02. The van der Waals surface area contributed by atoms with Gasteiger partial charge in [0.2, 0.25) is 0 Å². The van der Waals surface area contributed by atoms with E-state index < -0.39 is 17.1 Å². The van der Waals surface area contributed by atoms with Gasteiger partial charge in [-0.3, -0.25) is 0 Å². The molecule has 0 aliphatic carbocycles. The predicted octanol–water partition coefficient (Wildman–Crippen LogP) is -1.39. The number of hydrogen-bond acceptors (Lipinski definition) is 6. The molecule has 0 bridgehead atoms. The molecule has 0 atom stereocenters. The van der Waals surface area contributed by atoms with Crippen LogP contribution in [0.2, 0.25) is 0 Å². The van der Waals surface area contributed by atoms with Crippen molar-refractivity contribution < 1.29 is 18.5 Å². The number of hydrogen-bond donors (Lipinski definition) is 3. The van der Waals surface area contributed by atoms with Gasteiger partial charge in [-0.15, -0.1) is 4.83 Å². The third kappa shape index (κ3) is 3.94. The van der Waals surface area contributed by atoms with Crippen LogP contribution in [0.25, 0.3) is 0 Å². The zero-order chi connectivity index (χ0) is 13.9. The molecular formula is C10H15BN2O4S2. The van der Waals surface area contributed by atoms with Gasteiger partial charge in [0.25, 0.3) is 10.0 Å². The highest BCUT2D eigenvalue weighted by atomic mass is 32.2. The molecule has 0 aromatic heterocycles. The van der Waals surface area contributed by atoms with Crippen molar-refractivity contribution in [3.63, 3.8) is 0 Å². The third-order valence-electron chi connectivity index (χ3n) is 2.75. The van der Waals surface area contributed by atoms with Crippen molar-refractivity contribution in [3.8, 4) is 0 Å². The van der Waals surface area contributed by atoms with Crippen LogP contribution >= 0.6 is 11.8 Å². The Balaban J connectivity index is 2.10. The molecule has 2 rings (SSSR count). The van der Waals surface area contributed by atoms with Gasteiger partial charge < -0.3 is 10.0 Å². The first-order chi connectivity index (χ1) is 8.99. The lowest BCUT2D eigenvalue weighted by Crippen LogP contribution is -2.46. The molecular weight excluding hydrogens is 287 g/mol. The Hall–Kier alpha value is -0.575. The first kappa shape index (κ1) is 14.8. The van der Waals surface area contributed by atoms with Gasteiger partial charge in [-0.1, -0.05) is 12.1 Å². The average molecular weight is 302 g/mol. The lowest BCUT2D eigenvalue weighted by molar-refractivity contribution is 0.267. The Morgan fingerprint density at radius 3 is 2.26 bits per heavy atom. The second-order valence-electron chi connectivity index (χ2n) is 4.14. The first-order valence-electron chi connectivity index (χ1n) is 5.80. The van der Waals surface area contributed by atoms with Gasteiger partial charge in [0, 0.05) is 24.6 Å². The second kappa shape index (κ2) is 6.25. The van der Waals surface area contributed by atoms with E-state index in [0.29, 0.717) is 13.1 Å². The molecule has 0 saturated carbocycles. The number of nitrogens with zero attached hydrogens (tertiary/aromatic N) is 1. The summed E-state index contributed by atoms with van der Waals surface area (Å²) >= 11 is 1.79. The summed E-state index contributed by atoms with van der Waals surface area (Å²) in [5.74, 6) is 1.80. The Bertz CT molecular complexity index is 515. The Morgan fingerprint density at radius 2 is 1.74 bits per heavy atom. The topological polar surface area (TPSA) is 89.9 Å². The fraction of sp³-hybridized carbons (Fsp3) is 0.400. The number of thioether (sulfide) groups is 1. The Kier molecular flexibility index (Phi) is 4.88. The highest BCUT2D eigenvalue weighted by Crippen LogP contribution is 2.11. The largest absolute Gasteiger partial charge is 0.488 e. The van der Waals surface area contributed by atoms with Gasteiger partial charge in [0.05, 0.1) is 4.90 Å². The summed E-state index contributed by atoms with van der Waals surface area (Å²) in [6, 6.07) is 5.47. The van der Waals surface area contributed by atoms with Crippen LogP contribution in [-0.4, -0.2) is 55.2 Å². The standard InChI is InChI=1S/C10H15BN2O4S2/c14-11(15)9-1-3-10(4-2-9)19(16,17)12-13-5-7-18-8-6-13/h1-4,12,14-15H,5-8H2. The quantitative estimate of drug-likeness (QED) is 0.593. The van der Waals surface area contributed by atoms with Crippen molar-refractivity contribution in [3.05, 3.63) is 24.3 Å². The van der Waals surface area contributed by atoms with E-state index >= 15 is 0 Å². The van der Waals surface area contributed by atoms with E-state index in [9.17, 15) is 8.42 Å². The maximum atomic E-state index is 12.1. The van der Waals surface area contributed by atoms with Gasteiger partial charge in [-0.2, -0.15) is 11.8 Å². The molecule has 1 aliphatic rings. The molecule has 9 heteroatoms. The van der Waals surface area contributed by atoms with Gasteiger partial charge in [-0.25, -0.2) is 13.4 Å². The van der Waals surface area contributed by atoms with Crippen LogP contribution in [0.3, 0.4) is 0 Å². The minimum atomic E-state index is -3.60. The van der Waals surface area contributed by atoms with Crippen LogP contribution < -0.4 is 10.3 Å². The van der Waals surface area contributed by atoms with E-state index in [0.717, 1.165) is 11.5 Å². The van der Waals surface area contributed by atoms with E-state index in [1.54, 1.807) is 16.8 Å². The molecule has 1 aliphatic heterocycles. The van der Waals surface area contributed by atoms with Crippen LogP contribution in [0.4, 0.5) is 0 Å². The average Bonchev–Trinajstić information content (AvgIpc) is 2.39. The van der Waals surface area contributed by atoms with Gasteiger partial charge >= 0.3 is 7.12 Å². The van der Waals surface area contributed by atoms with Crippen molar-refractivity contribution in [1.82, 2.24) is 9.84 Å². The number of sulfonamides is 1. The van der Waals surface area contributed by atoms with Gasteiger partial charge in [-0.05, 0) is 17.6 Å². The molecule has 1 saturated heterocycles. The highest BCUT2D eigenvalue weighted by molar-refractivity contribution is 7.99. The monoisotopic (exact) mass is 302 g/mol. The zero-order valence-corrected chi connectivity index (χ0v) is 11.8. The molecule has 1 aromatic carbocycles. The number of nitrogens with one attached hydrogen (secondary N) is 1. The van der Waals surface area contributed by atoms with Crippen molar-refractivity contribution in [1.29, 1.82) is 0 Å². The van der Waals surface area contributed by atoms with Crippen molar-refractivity contribution >= 4 is 34.4 Å². The smallest absolute Gasteiger partial charge is 0.423 e. The SMILES string of the molecule is O=S(=O)(NN1CCSCC1)c1ccc(B(O)O)cc1. The van der Waals surface area contributed by atoms with E-state index in [4.69, 9.17) is 10.0 Å². The molecule has 6 nitrogen and oxygen atoms in total. The van der Waals surface area contributed by atoms with Crippen LogP contribution in [0, 0.1) is 0 Å². The minimum Gasteiger partial charge on any atom is -0.423 e. The molecule has 0 spiro atoms. The van der Waals surface area contributed by atoms with E-state index in [1.165, 1.54) is 24.3 Å². The van der Waals surface area contributed by atoms with Crippen molar-refractivity contribution in [2.75, 3.05) is 24.6 Å². The predicted molar refractivity (Wildman–Crippen MR) is 75.5 cm³/mol. The Morgan fingerprint density at radius 1 is 1.16 bits per heavy atom. The van der Waals surface area contributed by atoms with E-state index in [-0.39, 0.29) is 10.4 Å². The normalized spacial score (nSPS) is 17.4. The maximum Gasteiger partial charge on any atom is 0.488 e. The molecule has 3 N–H and O–H groups in total. The van der Waals surface area contributed by atoms with Crippen LogP contribution in [0.15, 0.2) is 29.2 Å².